The first-order chi connectivity index (χ1) is 6.41. The first-order valence-corrected chi connectivity index (χ1v) is 4.12. The Morgan fingerprint density at radius 2 is 1.93 bits per heavy atom. The summed E-state index contributed by atoms with van der Waals surface area (Å²) in [5, 5.41) is 8.33. The molecule has 0 heterocycles. The van der Waals surface area contributed by atoms with E-state index < -0.39 is 17.7 Å². The summed E-state index contributed by atoms with van der Waals surface area (Å²) >= 11 is 0. The Morgan fingerprint density at radius 3 is 2.14 bits per heavy atom. The highest BCUT2D eigenvalue weighted by Gasteiger charge is 2.34. The Hall–Kier alpha value is -1.26. The molecule has 0 aliphatic heterocycles. The second kappa shape index (κ2) is 4.83. The smallest absolute Gasteiger partial charge is 0.416 e. The Kier molecular flexibility index (Phi) is 4.40. The van der Waals surface area contributed by atoms with Gasteiger partial charge in [0.2, 0.25) is 0 Å². The summed E-state index contributed by atoms with van der Waals surface area (Å²) < 4.78 is 35.7. The van der Waals surface area contributed by atoms with Crippen molar-refractivity contribution in [1.29, 1.82) is 0 Å². The van der Waals surface area contributed by atoms with Crippen LogP contribution in [0.15, 0.2) is 23.3 Å². The van der Waals surface area contributed by atoms with E-state index in [1.54, 1.807) is 0 Å². The summed E-state index contributed by atoms with van der Waals surface area (Å²) in [7, 11) is 0. The van der Waals surface area contributed by atoms with Gasteiger partial charge in [0.25, 0.3) is 0 Å². The van der Waals surface area contributed by atoms with E-state index in [0.29, 0.717) is 6.08 Å². The number of carbonyl (C=O) groups is 1. The van der Waals surface area contributed by atoms with Gasteiger partial charge in [0.05, 0.1) is 5.57 Å². The highest BCUT2D eigenvalue weighted by atomic mass is 19.4. The highest BCUT2D eigenvalue weighted by molar-refractivity contribution is 5.88. The summed E-state index contributed by atoms with van der Waals surface area (Å²) in [6, 6.07) is 0. The van der Waals surface area contributed by atoms with Gasteiger partial charge in [-0.1, -0.05) is 19.9 Å². The number of carboxylic acid groups (broad SMARTS) is 1. The van der Waals surface area contributed by atoms with E-state index in [4.69, 9.17) is 5.11 Å². The van der Waals surface area contributed by atoms with E-state index in [9.17, 15) is 18.0 Å². The van der Waals surface area contributed by atoms with Crippen LogP contribution in [0.3, 0.4) is 0 Å². The summed E-state index contributed by atoms with van der Waals surface area (Å²) in [4.78, 5) is 10.2. The van der Waals surface area contributed by atoms with Gasteiger partial charge in [-0.15, -0.1) is 0 Å². The molecule has 0 fully saturated rings. The van der Waals surface area contributed by atoms with Crippen molar-refractivity contribution in [1.82, 2.24) is 0 Å². The van der Waals surface area contributed by atoms with Crippen molar-refractivity contribution in [2.45, 2.75) is 26.4 Å². The molecule has 80 valence electrons. The number of allylic oxidation sites excluding steroid dienone is 3. The average molecular weight is 208 g/mol. The Bertz CT molecular complexity index is 274. The number of alkyl halides is 3. The Balaban J connectivity index is 0.000000791. The average Bonchev–Trinajstić information content (AvgIpc) is 2.54. The van der Waals surface area contributed by atoms with E-state index in [-0.39, 0.29) is 12.0 Å². The molecule has 0 aromatic rings. The zero-order chi connectivity index (χ0) is 11.4. The molecule has 1 rings (SSSR count). The van der Waals surface area contributed by atoms with Crippen LogP contribution >= 0.6 is 0 Å². The second-order valence-corrected chi connectivity index (χ2v) is 2.34. The molecule has 0 spiro atoms. The number of rotatable bonds is 1. The fourth-order valence-corrected chi connectivity index (χ4v) is 0.872. The molecule has 0 unspecified atom stereocenters. The summed E-state index contributed by atoms with van der Waals surface area (Å²) in [6.07, 6.45) is -3.06. The normalized spacial score (nSPS) is 15.2. The second-order valence-electron chi connectivity index (χ2n) is 2.34. The number of hydrogen-bond acceptors (Lipinski definition) is 1. The molecule has 0 bridgehead atoms. The Labute approximate surface area is 79.7 Å². The molecule has 1 aliphatic rings. The lowest BCUT2D eigenvalue weighted by molar-refractivity contribution is -0.132. The monoisotopic (exact) mass is 208 g/mol. The van der Waals surface area contributed by atoms with Crippen LogP contribution in [0.25, 0.3) is 0 Å². The number of halogens is 3. The SMILES string of the molecule is CC.O=C(O)C1=CC(C(F)(F)F)=CC1. The van der Waals surface area contributed by atoms with Crippen molar-refractivity contribution in [3.63, 3.8) is 0 Å². The molecule has 1 N–H and O–H groups in total. The van der Waals surface area contributed by atoms with Gasteiger partial charge in [-0.05, 0) is 12.5 Å². The largest absolute Gasteiger partial charge is 0.478 e. The van der Waals surface area contributed by atoms with Crippen LogP contribution in [0.2, 0.25) is 0 Å². The maximum atomic E-state index is 11.9. The lowest BCUT2D eigenvalue weighted by Crippen LogP contribution is -2.08. The molecule has 0 atom stereocenters. The van der Waals surface area contributed by atoms with Crippen molar-refractivity contribution in [3.8, 4) is 0 Å². The zero-order valence-electron chi connectivity index (χ0n) is 7.85. The van der Waals surface area contributed by atoms with Gasteiger partial charge in [0.1, 0.15) is 0 Å². The van der Waals surface area contributed by atoms with Crippen LogP contribution in [-0.4, -0.2) is 17.3 Å². The topological polar surface area (TPSA) is 37.3 Å². The molecule has 0 radical (unpaired) electrons. The standard InChI is InChI=1S/C7H5F3O2.C2H6/c8-7(9,10)5-2-1-4(3-5)6(11)12;1-2/h2-3H,1H2,(H,11,12);1-2H3. The van der Waals surface area contributed by atoms with Crippen molar-refractivity contribution >= 4 is 5.97 Å². The van der Waals surface area contributed by atoms with E-state index in [1.165, 1.54) is 0 Å². The van der Waals surface area contributed by atoms with Crippen LogP contribution in [0.1, 0.15) is 20.3 Å². The molecular formula is C9H11F3O2. The first-order valence-electron chi connectivity index (χ1n) is 4.12. The Morgan fingerprint density at radius 1 is 1.43 bits per heavy atom. The number of carboxylic acids is 1. The molecule has 1 aliphatic carbocycles. The van der Waals surface area contributed by atoms with Crippen molar-refractivity contribution in [3.05, 3.63) is 23.3 Å². The summed E-state index contributed by atoms with van der Waals surface area (Å²) in [6.45, 7) is 4.00. The van der Waals surface area contributed by atoms with Gasteiger partial charge in [-0.2, -0.15) is 13.2 Å². The molecule has 0 saturated heterocycles. The van der Waals surface area contributed by atoms with E-state index in [2.05, 4.69) is 0 Å². The molecule has 0 saturated carbocycles. The van der Waals surface area contributed by atoms with Crippen LogP contribution < -0.4 is 0 Å². The van der Waals surface area contributed by atoms with E-state index in [0.717, 1.165) is 6.08 Å². The lowest BCUT2D eigenvalue weighted by atomic mass is 10.2. The molecule has 0 aromatic carbocycles. The minimum atomic E-state index is -4.43. The molecule has 14 heavy (non-hydrogen) atoms. The molecule has 0 amide bonds. The molecular weight excluding hydrogens is 197 g/mol. The maximum Gasteiger partial charge on any atom is 0.416 e. The van der Waals surface area contributed by atoms with Gasteiger partial charge in [0.15, 0.2) is 0 Å². The number of aliphatic carboxylic acids is 1. The predicted octanol–water partition coefficient (Wildman–Crippen LogP) is 2.92. The summed E-state index contributed by atoms with van der Waals surface area (Å²) in [5.74, 6) is -1.30. The van der Waals surface area contributed by atoms with Crippen LogP contribution in [0.4, 0.5) is 13.2 Å². The molecule has 5 heteroatoms. The molecule has 2 nitrogen and oxygen atoms in total. The number of hydrogen-bond donors (Lipinski definition) is 1. The van der Waals surface area contributed by atoms with Gasteiger partial charge in [0, 0.05) is 5.57 Å². The fraction of sp³-hybridized carbons (Fsp3) is 0.444. The first kappa shape index (κ1) is 12.7. The third-order valence-corrected chi connectivity index (χ3v) is 1.47. The summed E-state index contributed by atoms with van der Waals surface area (Å²) in [5.41, 5.74) is -1.10. The van der Waals surface area contributed by atoms with Crippen molar-refractivity contribution in [2.24, 2.45) is 0 Å². The van der Waals surface area contributed by atoms with Gasteiger partial charge >= 0.3 is 12.1 Å². The predicted molar refractivity (Wildman–Crippen MR) is 45.8 cm³/mol. The van der Waals surface area contributed by atoms with E-state index in [1.807, 2.05) is 13.8 Å². The third-order valence-electron chi connectivity index (χ3n) is 1.47. The maximum absolute atomic E-state index is 11.9. The quantitative estimate of drug-likeness (QED) is 0.719. The third kappa shape index (κ3) is 3.24. The fourth-order valence-electron chi connectivity index (χ4n) is 0.872. The van der Waals surface area contributed by atoms with E-state index >= 15 is 0 Å². The lowest BCUT2D eigenvalue weighted by Gasteiger charge is -2.03. The highest BCUT2D eigenvalue weighted by Crippen LogP contribution is 2.32. The molecule has 0 aromatic heterocycles. The minimum absolute atomic E-state index is 0.149. The van der Waals surface area contributed by atoms with Crippen LogP contribution in [0, 0.1) is 0 Å². The minimum Gasteiger partial charge on any atom is -0.478 e. The van der Waals surface area contributed by atoms with Gasteiger partial charge < -0.3 is 5.11 Å². The van der Waals surface area contributed by atoms with Gasteiger partial charge in [-0.25, -0.2) is 4.79 Å². The van der Waals surface area contributed by atoms with Crippen molar-refractivity contribution in [2.75, 3.05) is 0 Å². The van der Waals surface area contributed by atoms with Crippen LogP contribution in [0.5, 0.6) is 0 Å². The van der Waals surface area contributed by atoms with Crippen LogP contribution in [-0.2, 0) is 4.79 Å². The van der Waals surface area contributed by atoms with Crippen molar-refractivity contribution < 1.29 is 23.1 Å². The zero-order valence-corrected chi connectivity index (χ0v) is 7.85. The van der Waals surface area contributed by atoms with Gasteiger partial charge in [-0.3, -0.25) is 0 Å².